The standard InChI is InChI=1S/C25H42O4/c1-7-19(26)15-20(27)11-12-21-17(4)9-10-18-13-16(3)14-22(23(18)21)29-24(28)25(5,6)8-2/h9-10,13,16-17,19-23,26-27H,7-8,11-12,14-15H2,1-6H3/t16-,17-,19?,20+,21?,22-,23-/m0/s1. The smallest absolute Gasteiger partial charge is 0.311 e. The zero-order chi connectivity index (χ0) is 21.8. The highest BCUT2D eigenvalue weighted by atomic mass is 16.5. The van der Waals surface area contributed by atoms with Crippen LogP contribution in [0.2, 0.25) is 0 Å². The lowest BCUT2D eigenvalue weighted by atomic mass is 9.65. The minimum Gasteiger partial charge on any atom is -0.461 e. The van der Waals surface area contributed by atoms with Gasteiger partial charge in [-0.1, -0.05) is 45.9 Å². The number of fused-ring (bicyclic) bond motifs is 1. The molecule has 0 aromatic rings. The first-order valence-electron chi connectivity index (χ1n) is 11.6. The van der Waals surface area contributed by atoms with Crippen LogP contribution in [0.4, 0.5) is 0 Å². The Morgan fingerprint density at radius 3 is 2.55 bits per heavy atom. The lowest BCUT2D eigenvalue weighted by Gasteiger charge is -2.44. The van der Waals surface area contributed by atoms with Crippen LogP contribution in [0, 0.1) is 29.1 Å². The first-order chi connectivity index (χ1) is 13.6. The van der Waals surface area contributed by atoms with Gasteiger partial charge in [-0.3, -0.25) is 4.79 Å². The molecule has 0 amide bonds. The predicted octanol–water partition coefficient (Wildman–Crippen LogP) is 5.04. The molecule has 166 valence electrons. The number of aliphatic hydroxyl groups excluding tert-OH is 2. The largest absolute Gasteiger partial charge is 0.461 e. The van der Waals surface area contributed by atoms with E-state index in [1.807, 2.05) is 27.7 Å². The van der Waals surface area contributed by atoms with Crippen molar-refractivity contribution in [2.45, 2.75) is 98.4 Å². The van der Waals surface area contributed by atoms with Crippen LogP contribution in [0.5, 0.6) is 0 Å². The van der Waals surface area contributed by atoms with Gasteiger partial charge in [0.2, 0.25) is 0 Å². The number of carbonyl (C=O) groups excluding carboxylic acids is 1. The molecule has 0 aliphatic heterocycles. The SMILES string of the molecule is CCC(O)C[C@H](O)CCC1[C@@H](C)C=CC2=C[C@H](C)C[C@H](OC(=O)C(C)(C)CC)[C@@H]21. The molecule has 2 aliphatic carbocycles. The molecule has 0 spiro atoms. The molecule has 2 rings (SSSR count). The summed E-state index contributed by atoms with van der Waals surface area (Å²) >= 11 is 0. The number of esters is 1. The Hall–Kier alpha value is -1.13. The first kappa shape index (κ1) is 24.1. The Balaban J connectivity index is 2.17. The molecule has 2 aliphatic rings. The highest BCUT2D eigenvalue weighted by Gasteiger charge is 2.42. The molecule has 2 N–H and O–H groups in total. The van der Waals surface area contributed by atoms with Crippen LogP contribution in [0.1, 0.15) is 80.1 Å². The third kappa shape index (κ3) is 6.18. The van der Waals surface area contributed by atoms with Gasteiger partial charge in [0.25, 0.3) is 0 Å². The number of allylic oxidation sites excluding steroid dienone is 3. The maximum Gasteiger partial charge on any atom is 0.311 e. The molecule has 0 aromatic heterocycles. The lowest BCUT2D eigenvalue weighted by Crippen LogP contribution is -2.43. The first-order valence-corrected chi connectivity index (χ1v) is 11.6. The van der Waals surface area contributed by atoms with E-state index in [2.05, 4.69) is 32.1 Å². The number of aliphatic hydroxyl groups is 2. The van der Waals surface area contributed by atoms with Crippen LogP contribution in [0.25, 0.3) is 0 Å². The second-order valence-corrected chi connectivity index (χ2v) is 10.00. The van der Waals surface area contributed by atoms with Gasteiger partial charge in [0.15, 0.2) is 0 Å². The monoisotopic (exact) mass is 406 g/mol. The molecule has 0 bridgehead atoms. The van der Waals surface area contributed by atoms with E-state index in [1.54, 1.807) is 0 Å². The van der Waals surface area contributed by atoms with Gasteiger partial charge < -0.3 is 14.9 Å². The number of hydrogen-bond donors (Lipinski definition) is 2. The van der Waals surface area contributed by atoms with Gasteiger partial charge in [-0.05, 0) is 75.7 Å². The fourth-order valence-electron chi connectivity index (χ4n) is 4.65. The maximum absolute atomic E-state index is 12.8. The highest BCUT2D eigenvalue weighted by Crippen LogP contribution is 2.45. The highest BCUT2D eigenvalue weighted by molar-refractivity contribution is 5.76. The zero-order valence-electron chi connectivity index (χ0n) is 19.2. The minimum atomic E-state index is -0.488. The molecule has 4 heteroatoms. The third-order valence-corrected chi connectivity index (χ3v) is 7.14. The fraction of sp³-hybridized carbons (Fsp3) is 0.800. The van der Waals surface area contributed by atoms with Gasteiger partial charge in [-0.15, -0.1) is 0 Å². The van der Waals surface area contributed by atoms with E-state index in [0.717, 1.165) is 19.3 Å². The molecular formula is C25H42O4. The predicted molar refractivity (Wildman–Crippen MR) is 117 cm³/mol. The van der Waals surface area contributed by atoms with E-state index in [-0.39, 0.29) is 18.0 Å². The summed E-state index contributed by atoms with van der Waals surface area (Å²) in [6.07, 6.45) is 10.00. The van der Waals surface area contributed by atoms with Gasteiger partial charge in [-0.25, -0.2) is 0 Å². The summed E-state index contributed by atoms with van der Waals surface area (Å²) in [4.78, 5) is 12.8. The normalized spacial score (nSPS) is 31.6. The van der Waals surface area contributed by atoms with E-state index in [0.29, 0.717) is 37.0 Å². The van der Waals surface area contributed by atoms with Gasteiger partial charge in [0.05, 0.1) is 17.6 Å². The Morgan fingerprint density at radius 2 is 1.93 bits per heavy atom. The van der Waals surface area contributed by atoms with E-state index in [1.165, 1.54) is 5.57 Å². The van der Waals surface area contributed by atoms with Crippen molar-refractivity contribution in [1.29, 1.82) is 0 Å². The van der Waals surface area contributed by atoms with Crippen molar-refractivity contribution in [2.24, 2.45) is 29.1 Å². The van der Waals surface area contributed by atoms with Crippen LogP contribution in [-0.2, 0) is 9.53 Å². The van der Waals surface area contributed by atoms with Gasteiger partial charge in [-0.2, -0.15) is 0 Å². The molecule has 0 saturated carbocycles. The molecule has 4 nitrogen and oxygen atoms in total. The Kier molecular flexibility index (Phi) is 8.54. The fourth-order valence-corrected chi connectivity index (χ4v) is 4.65. The number of ether oxygens (including phenoxy) is 1. The summed E-state index contributed by atoms with van der Waals surface area (Å²) in [7, 11) is 0. The van der Waals surface area contributed by atoms with E-state index in [4.69, 9.17) is 4.74 Å². The van der Waals surface area contributed by atoms with Crippen molar-refractivity contribution >= 4 is 5.97 Å². The van der Waals surface area contributed by atoms with Crippen molar-refractivity contribution in [1.82, 2.24) is 0 Å². The summed E-state index contributed by atoms with van der Waals surface area (Å²) in [5, 5.41) is 20.2. The molecule has 0 saturated heterocycles. The molecule has 0 fully saturated rings. The quantitative estimate of drug-likeness (QED) is 0.526. The lowest BCUT2D eigenvalue weighted by molar-refractivity contribution is -0.164. The van der Waals surface area contributed by atoms with Crippen molar-refractivity contribution in [2.75, 3.05) is 0 Å². The van der Waals surface area contributed by atoms with E-state index in [9.17, 15) is 15.0 Å². The van der Waals surface area contributed by atoms with Crippen molar-refractivity contribution in [3.63, 3.8) is 0 Å². The third-order valence-electron chi connectivity index (χ3n) is 7.14. The van der Waals surface area contributed by atoms with Crippen molar-refractivity contribution in [3.05, 3.63) is 23.8 Å². The summed E-state index contributed by atoms with van der Waals surface area (Å²) in [5.74, 6) is 1.16. The van der Waals surface area contributed by atoms with Crippen LogP contribution in [-0.4, -0.2) is 34.5 Å². The van der Waals surface area contributed by atoms with Crippen LogP contribution in [0.3, 0.4) is 0 Å². The second kappa shape index (κ2) is 10.3. The Morgan fingerprint density at radius 1 is 1.24 bits per heavy atom. The number of hydrogen-bond acceptors (Lipinski definition) is 4. The molecule has 7 atom stereocenters. The van der Waals surface area contributed by atoms with Gasteiger partial charge >= 0.3 is 5.97 Å². The molecule has 0 radical (unpaired) electrons. The van der Waals surface area contributed by atoms with Crippen molar-refractivity contribution in [3.8, 4) is 0 Å². The summed E-state index contributed by atoms with van der Waals surface area (Å²) in [6, 6.07) is 0. The van der Waals surface area contributed by atoms with E-state index >= 15 is 0 Å². The van der Waals surface area contributed by atoms with E-state index < -0.39 is 17.6 Å². The molecule has 2 unspecified atom stereocenters. The topological polar surface area (TPSA) is 66.8 Å². The van der Waals surface area contributed by atoms with Crippen LogP contribution in [0.15, 0.2) is 23.8 Å². The average Bonchev–Trinajstić information content (AvgIpc) is 2.67. The molecular weight excluding hydrogens is 364 g/mol. The summed E-state index contributed by atoms with van der Waals surface area (Å²) in [5.41, 5.74) is 0.810. The van der Waals surface area contributed by atoms with Crippen LogP contribution < -0.4 is 0 Å². The molecule has 29 heavy (non-hydrogen) atoms. The zero-order valence-corrected chi connectivity index (χ0v) is 19.2. The maximum atomic E-state index is 12.8. The van der Waals surface area contributed by atoms with Gasteiger partial charge in [0.1, 0.15) is 6.10 Å². The molecule has 0 aromatic carbocycles. The van der Waals surface area contributed by atoms with Crippen LogP contribution >= 0.6 is 0 Å². The van der Waals surface area contributed by atoms with Gasteiger partial charge in [0, 0.05) is 5.92 Å². The number of carbonyl (C=O) groups is 1. The Bertz CT molecular complexity index is 606. The number of rotatable bonds is 9. The average molecular weight is 407 g/mol. The summed E-state index contributed by atoms with van der Waals surface area (Å²) < 4.78 is 6.14. The van der Waals surface area contributed by atoms with Crippen molar-refractivity contribution < 1.29 is 19.7 Å². The second-order valence-electron chi connectivity index (χ2n) is 10.00. The minimum absolute atomic E-state index is 0.106. The molecule has 0 heterocycles. The Labute approximate surface area is 177 Å². The summed E-state index contributed by atoms with van der Waals surface area (Å²) in [6.45, 7) is 12.3.